The van der Waals surface area contributed by atoms with Gasteiger partial charge in [0.05, 0.1) is 11.1 Å². The summed E-state index contributed by atoms with van der Waals surface area (Å²) in [5.74, 6) is 0. The van der Waals surface area contributed by atoms with E-state index in [-0.39, 0.29) is 5.56 Å². The molecule has 0 N–H and O–H groups in total. The van der Waals surface area contributed by atoms with E-state index in [1.807, 2.05) is 72.8 Å². The number of rotatable bonds is 4. The molecule has 1 heterocycles. The van der Waals surface area contributed by atoms with Crippen molar-refractivity contribution in [1.29, 1.82) is 0 Å². The summed E-state index contributed by atoms with van der Waals surface area (Å²) in [7, 11) is 0. The average Bonchev–Trinajstić information content (AvgIpc) is 2.69. The lowest BCUT2D eigenvalue weighted by Crippen LogP contribution is -2.24. The molecule has 25 heavy (non-hydrogen) atoms. The Morgan fingerprint density at radius 1 is 0.720 bits per heavy atom. The molecule has 0 radical (unpaired) electrons. The van der Waals surface area contributed by atoms with Crippen LogP contribution >= 0.6 is 0 Å². The van der Waals surface area contributed by atoms with Crippen LogP contribution in [0.4, 0.5) is 0 Å². The second-order valence-electron chi connectivity index (χ2n) is 6.02. The third-order valence-corrected chi connectivity index (χ3v) is 4.37. The van der Waals surface area contributed by atoms with E-state index in [2.05, 4.69) is 17.2 Å². The van der Waals surface area contributed by atoms with Gasteiger partial charge in [0.25, 0.3) is 5.56 Å². The molecule has 0 aliphatic rings. The molecule has 122 valence electrons. The first-order chi connectivity index (χ1) is 12.3. The van der Waals surface area contributed by atoms with E-state index in [0.717, 1.165) is 23.1 Å². The first-order valence-corrected chi connectivity index (χ1v) is 8.42. The van der Waals surface area contributed by atoms with Crippen LogP contribution in [0.2, 0.25) is 0 Å². The maximum absolute atomic E-state index is 12.8. The van der Waals surface area contributed by atoms with Gasteiger partial charge in [-0.25, -0.2) is 4.68 Å². The van der Waals surface area contributed by atoms with Crippen molar-refractivity contribution in [1.82, 2.24) is 9.78 Å². The summed E-state index contributed by atoms with van der Waals surface area (Å²) in [6, 6.07) is 27.9. The molecule has 0 aliphatic heterocycles. The van der Waals surface area contributed by atoms with E-state index < -0.39 is 0 Å². The third-order valence-electron chi connectivity index (χ3n) is 4.37. The van der Waals surface area contributed by atoms with Gasteiger partial charge in [-0.2, -0.15) is 5.10 Å². The van der Waals surface area contributed by atoms with Crippen LogP contribution in [0.15, 0.2) is 89.7 Å². The van der Waals surface area contributed by atoms with E-state index in [1.54, 1.807) is 4.68 Å². The van der Waals surface area contributed by atoms with Gasteiger partial charge in [0.1, 0.15) is 0 Å². The average molecular weight is 326 g/mol. The van der Waals surface area contributed by atoms with Gasteiger partial charge in [-0.1, -0.05) is 78.9 Å². The van der Waals surface area contributed by atoms with Crippen LogP contribution in [0.25, 0.3) is 22.0 Å². The quantitative estimate of drug-likeness (QED) is 0.560. The molecule has 0 spiro atoms. The molecule has 0 bridgehead atoms. The second kappa shape index (κ2) is 6.73. The van der Waals surface area contributed by atoms with Gasteiger partial charge in [-0.15, -0.1) is 0 Å². The normalized spacial score (nSPS) is 10.9. The van der Waals surface area contributed by atoms with Gasteiger partial charge >= 0.3 is 0 Å². The topological polar surface area (TPSA) is 34.9 Å². The fourth-order valence-electron chi connectivity index (χ4n) is 3.08. The van der Waals surface area contributed by atoms with E-state index in [9.17, 15) is 4.79 Å². The Balaban J connectivity index is 1.82. The van der Waals surface area contributed by atoms with Gasteiger partial charge < -0.3 is 0 Å². The molecule has 0 saturated carbocycles. The highest BCUT2D eigenvalue weighted by molar-refractivity contribution is 5.93. The smallest absolute Gasteiger partial charge is 0.267 e. The van der Waals surface area contributed by atoms with Crippen molar-refractivity contribution in [3.63, 3.8) is 0 Å². The van der Waals surface area contributed by atoms with Crippen LogP contribution in [0.3, 0.4) is 0 Å². The molecule has 0 amide bonds. The van der Waals surface area contributed by atoms with E-state index in [0.29, 0.717) is 11.9 Å². The summed E-state index contributed by atoms with van der Waals surface area (Å²) in [5, 5.41) is 6.30. The third kappa shape index (κ3) is 3.09. The first-order valence-electron chi connectivity index (χ1n) is 8.42. The van der Waals surface area contributed by atoms with Crippen molar-refractivity contribution in [2.24, 2.45) is 0 Å². The molecular formula is C22H18N2O. The summed E-state index contributed by atoms with van der Waals surface area (Å²) >= 11 is 0. The van der Waals surface area contributed by atoms with Crippen molar-refractivity contribution < 1.29 is 0 Å². The minimum atomic E-state index is -0.0359. The van der Waals surface area contributed by atoms with Gasteiger partial charge in [0.15, 0.2) is 0 Å². The Hall–Kier alpha value is -3.20. The van der Waals surface area contributed by atoms with Crippen molar-refractivity contribution >= 4 is 10.8 Å². The van der Waals surface area contributed by atoms with Gasteiger partial charge in [-0.3, -0.25) is 4.79 Å². The predicted octanol–water partition coefficient (Wildman–Crippen LogP) is 4.31. The summed E-state index contributed by atoms with van der Waals surface area (Å²) in [6.45, 7) is 0.563. The highest BCUT2D eigenvalue weighted by Gasteiger charge is 2.11. The van der Waals surface area contributed by atoms with Gasteiger partial charge in [-0.05, 0) is 18.1 Å². The molecule has 3 heteroatoms. The Morgan fingerprint density at radius 2 is 1.32 bits per heavy atom. The maximum Gasteiger partial charge on any atom is 0.274 e. The molecule has 4 rings (SSSR count). The van der Waals surface area contributed by atoms with Gasteiger partial charge in [0, 0.05) is 17.5 Å². The number of aryl methyl sites for hydroxylation is 2. The second-order valence-corrected chi connectivity index (χ2v) is 6.02. The lowest BCUT2D eigenvalue weighted by atomic mass is 10.1. The van der Waals surface area contributed by atoms with Crippen LogP contribution in [-0.4, -0.2) is 9.78 Å². The zero-order valence-corrected chi connectivity index (χ0v) is 13.8. The van der Waals surface area contributed by atoms with Crippen LogP contribution in [0, 0.1) is 0 Å². The number of fused-ring (bicyclic) bond motifs is 1. The van der Waals surface area contributed by atoms with Crippen LogP contribution in [0.5, 0.6) is 0 Å². The Bertz CT molecular complexity index is 1050. The van der Waals surface area contributed by atoms with Crippen molar-refractivity contribution in [3.8, 4) is 11.3 Å². The number of aromatic nitrogens is 2. The number of nitrogens with zero attached hydrogens (tertiary/aromatic N) is 2. The molecule has 3 nitrogen and oxygen atoms in total. The molecule has 0 saturated heterocycles. The summed E-state index contributed by atoms with van der Waals surface area (Å²) in [6.07, 6.45) is 0.778. The first kappa shape index (κ1) is 15.3. The highest BCUT2D eigenvalue weighted by Crippen LogP contribution is 2.24. The monoisotopic (exact) mass is 326 g/mol. The number of benzene rings is 3. The Morgan fingerprint density at radius 3 is 2.04 bits per heavy atom. The fourth-order valence-corrected chi connectivity index (χ4v) is 3.08. The lowest BCUT2D eigenvalue weighted by molar-refractivity contribution is 0.587. The highest BCUT2D eigenvalue weighted by atomic mass is 16.1. The molecule has 0 atom stereocenters. The largest absolute Gasteiger partial charge is 0.274 e. The SMILES string of the molecule is O=c1c2ccccc2c(-c2ccccc2)nn1CCc1ccccc1. The molecular weight excluding hydrogens is 308 g/mol. The van der Waals surface area contributed by atoms with Crippen molar-refractivity contribution in [2.75, 3.05) is 0 Å². The zero-order chi connectivity index (χ0) is 17.1. The van der Waals surface area contributed by atoms with Crippen molar-refractivity contribution in [2.45, 2.75) is 13.0 Å². The minimum Gasteiger partial charge on any atom is -0.267 e. The predicted molar refractivity (Wildman–Crippen MR) is 102 cm³/mol. The van der Waals surface area contributed by atoms with Crippen molar-refractivity contribution in [3.05, 3.63) is 101 Å². The van der Waals surface area contributed by atoms with Crippen LogP contribution in [-0.2, 0) is 13.0 Å². The minimum absolute atomic E-state index is 0.0359. The Labute approximate surface area is 146 Å². The Kier molecular flexibility index (Phi) is 4.13. The molecule has 0 aliphatic carbocycles. The van der Waals surface area contributed by atoms with E-state index in [1.165, 1.54) is 5.56 Å². The van der Waals surface area contributed by atoms with E-state index >= 15 is 0 Å². The maximum atomic E-state index is 12.8. The number of hydrogen-bond acceptors (Lipinski definition) is 2. The van der Waals surface area contributed by atoms with Gasteiger partial charge in [0.2, 0.25) is 0 Å². The lowest BCUT2D eigenvalue weighted by Gasteiger charge is -2.11. The molecule has 0 fully saturated rings. The molecule has 3 aromatic carbocycles. The zero-order valence-electron chi connectivity index (χ0n) is 13.8. The molecule has 0 unspecified atom stereocenters. The summed E-state index contributed by atoms with van der Waals surface area (Å²) < 4.78 is 1.59. The van der Waals surface area contributed by atoms with Crippen LogP contribution in [0.1, 0.15) is 5.56 Å². The van der Waals surface area contributed by atoms with Crippen LogP contribution < -0.4 is 5.56 Å². The molecule has 4 aromatic rings. The number of hydrogen-bond donors (Lipinski definition) is 0. The fraction of sp³-hybridized carbons (Fsp3) is 0.0909. The van der Waals surface area contributed by atoms with E-state index in [4.69, 9.17) is 0 Å². The summed E-state index contributed by atoms with van der Waals surface area (Å²) in [4.78, 5) is 12.8. The standard InChI is InChI=1S/C22H18N2O/c25-22-20-14-8-7-13-19(20)21(18-11-5-2-6-12-18)23-24(22)16-15-17-9-3-1-4-10-17/h1-14H,15-16H2. The molecule has 1 aromatic heterocycles. The summed E-state index contributed by atoms with van der Waals surface area (Å²) in [5.41, 5.74) is 3.04.